The second-order valence-corrected chi connectivity index (χ2v) is 4.90. The van der Waals surface area contributed by atoms with E-state index >= 15 is 0 Å². The van der Waals surface area contributed by atoms with Gasteiger partial charge in [-0.25, -0.2) is 0 Å². The number of nitrogens with two attached hydrogens (primary N) is 1. The Morgan fingerprint density at radius 3 is 3.18 bits per heavy atom. The van der Waals surface area contributed by atoms with Gasteiger partial charge in [0.25, 0.3) is 0 Å². The largest absolute Gasteiger partial charge is 0.472 e. The maximum Gasteiger partial charge on any atom is 0.0952 e. The molecule has 0 saturated carbocycles. The first-order valence-corrected chi connectivity index (χ1v) is 6.21. The van der Waals surface area contributed by atoms with Gasteiger partial charge in [-0.2, -0.15) is 0 Å². The number of furan rings is 1. The van der Waals surface area contributed by atoms with Crippen LogP contribution in [-0.2, 0) is 13.0 Å². The van der Waals surface area contributed by atoms with Gasteiger partial charge in [0.05, 0.1) is 19.1 Å². The van der Waals surface area contributed by atoms with Crippen LogP contribution in [0.2, 0.25) is 0 Å². The van der Waals surface area contributed by atoms with Gasteiger partial charge in [0.2, 0.25) is 0 Å². The number of fused-ring (bicyclic) bond motifs is 1. The minimum atomic E-state index is 0.225. The van der Waals surface area contributed by atoms with Crippen molar-refractivity contribution in [2.24, 2.45) is 5.73 Å². The first-order valence-electron chi connectivity index (χ1n) is 6.21. The Morgan fingerprint density at radius 1 is 1.53 bits per heavy atom. The molecule has 0 saturated heterocycles. The van der Waals surface area contributed by atoms with Crippen LogP contribution in [0.5, 0.6) is 0 Å². The van der Waals surface area contributed by atoms with E-state index in [0.717, 1.165) is 19.4 Å². The van der Waals surface area contributed by atoms with Crippen molar-refractivity contribution in [2.75, 3.05) is 0 Å². The highest BCUT2D eigenvalue weighted by Gasteiger charge is 2.22. The van der Waals surface area contributed by atoms with Gasteiger partial charge in [0, 0.05) is 23.0 Å². The Labute approximate surface area is 101 Å². The van der Waals surface area contributed by atoms with Crippen LogP contribution in [0.25, 0.3) is 0 Å². The zero-order valence-electron chi connectivity index (χ0n) is 10.1. The van der Waals surface area contributed by atoms with Crippen molar-refractivity contribution in [3.8, 4) is 0 Å². The zero-order valence-corrected chi connectivity index (χ0v) is 10.1. The van der Waals surface area contributed by atoms with E-state index in [9.17, 15) is 0 Å². The number of hydrogen-bond donors (Lipinski definition) is 1. The lowest BCUT2D eigenvalue weighted by Gasteiger charge is -2.21. The normalized spacial score (nSPS) is 19.3. The predicted molar refractivity (Wildman–Crippen MR) is 66.8 cm³/mol. The molecule has 1 aliphatic carbocycles. The topological polar surface area (TPSA) is 44.1 Å². The monoisotopic (exact) mass is 230 g/mol. The molecule has 90 valence electrons. The van der Waals surface area contributed by atoms with E-state index in [1.54, 1.807) is 6.26 Å². The molecule has 0 aliphatic heterocycles. The minimum Gasteiger partial charge on any atom is -0.472 e. The summed E-state index contributed by atoms with van der Waals surface area (Å²) < 4.78 is 7.50. The Kier molecular flexibility index (Phi) is 2.56. The second-order valence-electron chi connectivity index (χ2n) is 4.90. The molecule has 3 heteroatoms. The minimum absolute atomic E-state index is 0.225. The van der Waals surface area contributed by atoms with Gasteiger partial charge >= 0.3 is 0 Å². The van der Waals surface area contributed by atoms with Gasteiger partial charge in [0.15, 0.2) is 0 Å². The number of nitrogens with zero attached hydrogens (tertiary/aromatic N) is 1. The van der Waals surface area contributed by atoms with Crippen molar-refractivity contribution in [1.82, 2.24) is 4.57 Å². The summed E-state index contributed by atoms with van der Waals surface area (Å²) in [5.41, 5.74) is 11.4. The van der Waals surface area contributed by atoms with Crippen LogP contribution in [0.1, 0.15) is 41.4 Å². The summed E-state index contributed by atoms with van der Waals surface area (Å²) in [4.78, 5) is 0. The molecule has 0 radical (unpaired) electrons. The molecule has 2 aromatic heterocycles. The lowest BCUT2D eigenvalue weighted by Crippen LogP contribution is -2.18. The summed E-state index contributed by atoms with van der Waals surface area (Å²) in [6, 6.07) is 4.50. The molecule has 0 fully saturated rings. The first kappa shape index (κ1) is 10.7. The maximum absolute atomic E-state index is 6.17. The SMILES string of the molecule is Cc1cc2c(n1Cc1ccoc1)CCCC2N. The van der Waals surface area contributed by atoms with E-state index in [4.69, 9.17) is 10.2 Å². The molecule has 0 bridgehead atoms. The third-order valence-corrected chi connectivity index (χ3v) is 3.70. The van der Waals surface area contributed by atoms with Crippen molar-refractivity contribution < 1.29 is 4.42 Å². The third-order valence-electron chi connectivity index (χ3n) is 3.70. The fourth-order valence-electron chi connectivity index (χ4n) is 2.79. The Hall–Kier alpha value is -1.48. The highest BCUT2D eigenvalue weighted by Crippen LogP contribution is 2.31. The maximum atomic E-state index is 6.17. The molecule has 0 amide bonds. The van der Waals surface area contributed by atoms with Gasteiger partial charge in [-0.1, -0.05) is 0 Å². The smallest absolute Gasteiger partial charge is 0.0952 e. The van der Waals surface area contributed by atoms with Gasteiger partial charge in [-0.05, 0) is 43.9 Å². The highest BCUT2D eigenvalue weighted by molar-refractivity contribution is 5.33. The average molecular weight is 230 g/mol. The van der Waals surface area contributed by atoms with Gasteiger partial charge < -0.3 is 14.7 Å². The van der Waals surface area contributed by atoms with Crippen LogP contribution in [0.4, 0.5) is 0 Å². The summed E-state index contributed by atoms with van der Waals surface area (Å²) in [5, 5.41) is 0. The van der Waals surface area contributed by atoms with E-state index in [1.165, 1.54) is 28.9 Å². The van der Waals surface area contributed by atoms with Crippen LogP contribution in [0.15, 0.2) is 29.1 Å². The second kappa shape index (κ2) is 4.08. The van der Waals surface area contributed by atoms with Crippen LogP contribution in [0, 0.1) is 6.92 Å². The Balaban J connectivity index is 1.99. The summed E-state index contributed by atoms with van der Waals surface area (Å²) >= 11 is 0. The number of hydrogen-bond acceptors (Lipinski definition) is 2. The van der Waals surface area contributed by atoms with Crippen molar-refractivity contribution in [3.63, 3.8) is 0 Å². The third kappa shape index (κ3) is 1.80. The molecule has 0 aromatic carbocycles. The van der Waals surface area contributed by atoms with E-state index in [-0.39, 0.29) is 6.04 Å². The van der Waals surface area contributed by atoms with Crippen molar-refractivity contribution in [1.29, 1.82) is 0 Å². The van der Waals surface area contributed by atoms with Gasteiger partial charge in [-0.15, -0.1) is 0 Å². The first-order chi connectivity index (χ1) is 8.25. The molecular formula is C14H18N2O. The lowest BCUT2D eigenvalue weighted by atomic mass is 9.93. The number of aromatic nitrogens is 1. The standard InChI is InChI=1S/C14H18N2O/c1-10-7-12-13(15)3-2-4-14(12)16(10)8-11-5-6-17-9-11/h5-7,9,13H,2-4,8,15H2,1H3. The van der Waals surface area contributed by atoms with Crippen LogP contribution >= 0.6 is 0 Å². The number of rotatable bonds is 2. The summed E-state index contributed by atoms with van der Waals surface area (Å²) in [7, 11) is 0. The Morgan fingerprint density at radius 2 is 2.41 bits per heavy atom. The fourth-order valence-corrected chi connectivity index (χ4v) is 2.79. The Bertz CT molecular complexity index is 511. The van der Waals surface area contributed by atoms with E-state index in [2.05, 4.69) is 17.6 Å². The summed E-state index contributed by atoms with van der Waals surface area (Å²) in [6.07, 6.45) is 7.00. The zero-order chi connectivity index (χ0) is 11.8. The lowest BCUT2D eigenvalue weighted by molar-refractivity contribution is 0.542. The molecule has 2 N–H and O–H groups in total. The van der Waals surface area contributed by atoms with Gasteiger partial charge in [0.1, 0.15) is 0 Å². The van der Waals surface area contributed by atoms with E-state index < -0.39 is 0 Å². The average Bonchev–Trinajstić information content (AvgIpc) is 2.91. The quantitative estimate of drug-likeness (QED) is 0.862. The summed E-state index contributed by atoms with van der Waals surface area (Å²) in [6.45, 7) is 3.05. The number of aryl methyl sites for hydroxylation is 1. The van der Waals surface area contributed by atoms with Crippen molar-refractivity contribution >= 4 is 0 Å². The molecule has 1 atom stereocenters. The summed E-state index contributed by atoms with van der Waals surface area (Å²) in [5.74, 6) is 0. The van der Waals surface area contributed by atoms with Gasteiger partial charge in [-0.3, -0.25) is 0 Å². The fraction of sp³-hybridized carbons (Fsp3) is 0.429. The van der Waals surface area contributed by atoms with Crippen LogP contribution in [0.3, 0.4) is 0 Å². The van der Waals surface area contributed by atoms with E-state index in [1.807, 2.05) is 12.3 Å². The molecule has 2 aromatic rings. The predicted octanol–water partition coefficient (Wildman–Crippen LogP) is 2.77. The molecule has 17 heavy (non-hydrogen) atoms. The molecule has 3 rings (SSSR count). The molecule has 0 spiro atoms. The highest BCUT2D eigenvalue weighted by atomic mass is 16.3. The molecule has 1 aliphatic rings. The van der Waals surface area contributed by atoms with E-state index in [0.29, 0.717) is 0 Å². The molecule has 3 nitrogen and oxygen atoms in total. The molecule has 1 unspecified atom stereocenters. The van der Waals surface area contributed by atoms with Crippen molar-refractivity contribution in [2.45, 2.75) is 38.8 Å². The van der Waals surface area contributed by atoms with Crippen LogP contribution in [-0.4, -0.2) is 4.57 Å². The van der Waals surface area contributed by atoms with Crippen molar-refractivity contribution in [3.05, 3.63) is 47.2 Å². The van der Waals surface area contributed by atoms with Crippen LogP contribution < -0.4 is 5.73 Å². The molecular weight excluding hydrogens is 212 g/mol. The molecule has 2 heterocycles.